The molecule has 14 nitrogen and oxygen atoms in total. The van der Waals surface area contributed by atoms with Crippen LogP contribution in [0, 0.1) is 11.8 Å². The number of carbonyl (C=O) groups excluding carboxylic acids is 3. The summed E-state index contributed by atoms with van der Waals surface area (Å²) < 4.78 is 17.8. The lowest BCUT2D eigenvalue weighted by molar-refractivity contribution is -0.164. The van der Waals surface area contributed by atoms with Crippen LogP contribution in [0.4, 0.5) is 0 Å². The number of rotatable bonds is 19. The predicted molar refractivity (Wildman–Crippen MR) is 276 cm³/mol. The smallest absolute Gasteiger partial charge is 0.347 e. The number of esters is 1. The molecule has 374 valence electrons. The van der Waals surface area contributed by atoms with E-state index in [1.165, 1.54) is 24.8 Å². The van der Waals surface area contributed by atoms with Crippen LogP contribution in [0.3, 0.4) is 0 Å². The summed E-state index contributed by atoms with van der Waals surface area (Å²) in [4.78, 5) is 58.9. The Labute approximate surface area is 421 Å². The molecule has 1 aromatic heterocycles. The Kier molecular flexibility index (Phi) is 18.0. The number of aromatic hydroxyl groups is 1. The van der Waals surface area contributed by atoms with Gasteiger partial charge in [0.1, 0.15) is 17.2 Å². The van der Waals surface area contributed by atoms with Crippen molar-refractivity contribution in [3.8, 4) is 17.2 Å². The molecule has 2 saturated heterocycles. The number of phenols is 1. The van der Waals surface area contributed by atoms with Crippen molar-refractivity contribution in [2.45, 2.75) is 63.2 Å². The average molecular weight is 985 g/mol. The molecule has 3 heterocycles. The fraction of sp³-hybridized carbons (Fsp3) is 0.357. The van der Waals surface area contributed by atoms with E-state index in [-0.39, 0.29) is 61.2 Å². The van der Waals surface area contributed by atoms with Gasteiger partial charge < -0.3 is 44.7 Å². The van der Waals surface area contributed by atoms with E-state index < -0.39 is 23.6 Å². The van der Waals surface area contributed by atoms with Gasteiger partial charge >= 0.3 is 5.97 Å². The number of fused-ring (bicyclic) bond motifs is 1. The first-order valence-corrected chi connectivity index (χ1v) is 24.2. The summed E-state index contributed by atoms with van der Waals surface area (Å²) in [5.41, 5.74) is 1.73. The normalized spacial score (nSPS) is 15.8. The Bertz CT molecular complexity index is 2790. The maximum atomic E-state index is 13.9. The van der Waals surface area contributed by atoms with Crippen molar-refractivity contribution in [2.75, 3.05) is 53.0 Å². The summed E-state index contributed by atoms with van der Waals surface area (Å²) in [7, 11) is 1.53. The number of carbonyl (C=O) groups is 3. The summed E-state index contributed by atoms with van der Waals surface area (Å²) in [5, 5.41) is 36.8. The molecule has 15 heteroatoms. The Morgan fingerprint density at radius 2 is 1.49 bits per heavy atom. The minimum atomic E-state index is -2.05. The fourth-order valence-corrected chi connectivity index (χ4v) is 9.56. The number of aryl methyl sites for hydroxylation is 1. The lowest BCUT2D eigenvalue weighted by atomic mass is 9.86. The third-order valence-corrected chi connectivity index (χ3v) is 13.7. The first-order chi connectivity index (χ1) is 34.0. The predicted octanol–water partition coefficient (Wildman–Crippen LogP) is 7.15. The number of aliphatic hydroxyl groups is 2. The van der Waals surface area contributed by atoms with Crippen LogP contribution in [0.5, 0.6) is 17.2 Å². The average Bonchev–Trinajstić information content (AvgIpc) is 3.40. The molecule has 5 aromatic carbocycles. The molecular formula is C56H64N4O10S. The largest absolute Gasteiger partial charge is 0.506 e. The SMILES string of the molecule is COc1cc(C(=O)NCC(=O)N2CCC(COc3cccc([C@](O)(C(=O)OCC4CCN(Cc5ccccc5)CC4)c4ccccc4)c3)CC2)ccc1CCC[C@H](O)c1ccc(O)c2[nH]c(=O)ccc12.S. The van der Waals surface area contributed by atoms with Crippen molar-refractivity contribution >= 4 is 42.2 Å². The van der Waals surface area contributed by atoms with E-state index in [4.69, 9.17) is 14.2 Å². The van der Waals surface area contributed by atoms with E-state index in [9.17, 15) is 34.5 Å². The Balaban J connectivity index is 0.00000741. The van der Waals surface area contributed by atoms with Crippen LogP contribution in [0.25, 0.3) is 10.9 Å². The van der Waals surface area contributed by atoms with E-state index >= 15 is 0 Å². The number of hydrogen-bond acceptors (Lipinski definition) is 11. The van der Waals surface area contributed by atoms with Gasteiger partial charge in [-0.1, -0.05) is 84.9 Å². The minimum absolute atomic E-state index is 0. The van der Waals surface area contributed by atoms with Crippen LogP contribution in [0.2, 0.25) is 0 Å². The van der Waals surface area contributed by atoms with Gasteiger partial charge in [-0.2, -0.15) is 13.5 Å². The molecule has 0 spiro atoms. The van der Waals surface area contributed by atoms with E-state index in [1.807, 2.05) is 18.2 Å². The van der Waals surface area contributed by atoms with Crippen LogP contribution in [-0.2, 0) is 32.9 Å². The second-order valence-corrected chi connectivity index (χ2v) is 18.4. The summed E-state index contributed by atoms with van der Waals surface area (Å²) in [6, 6.07) is 37.4. The molecule has 2 aliphatic rings. The number of piperidine rings is 2. The molecule has 71 heavy (non-hydrogen) atoms. The maximum absolute atomic E-state index is 13.9. The first kappa shape index (κ1) is 52.2. The number of nitrogens with zero attached hydrogens (tertiary/aromatic N) is 2. The molecule has 0 unspecified atom stereocenters. The molecule has 5 N–H and O–H groups in total. The van der Waals surface area contributed by atoms with Gasteiger partial charge in [0.05, 0.1) is 38.5 Å². The zero-order valence-corrected chi connectivity index (χ0v) is 41.1. The van der Waals surface area contributed by atoms with Gasteiger partial charge in [-0.15, -0.1) is 0 Å². The molecule has 2 amide bonds. The minimum Gasteiger partial charge on any atom is -0.506 e. The number of H-pyrrole nitrogens is 1. The molecule has 8 rings (SSSR count). The van der Waals surface area contributed by atoms with Crippen molar-refractivity contribution in [3.05, 3.63) is 171 Å². The highest BCUT2D eigenvalue weighted by Gasteiger charge is 2.42. The topological polar surface area (TPSA) is 191 Å². The summed E-state index contributed by atoms with van der Waals surface area (Å²) in [6.07, 6.45) is 3.92. The number of aromatic amines is 1. The van der Waals surface area contributed by atoms with Crippen molar-refractivity contribution in [2.24, 2.45) is 11.8 Å². The number of amides is 2. The first-order valence-electron chi connectivity index (χ1n) is 24.2. The van der Waals surface area contributed by atoms with E-state index in [1.54, 1.807) is 77.7 Å². The van der Waals surface area contributed by atoms with Gasteiger partial charge in [0.25, 0.3) is 5.91 Å². The molecule has 0 radical (unpaired) electrons. The van der Waals surface area contributed by atoms with Crippen molar-refractivity contribution in [1.29, 1.82) is 0 Å². The lowest BCUT2D eigenvalue weighted by Crippen LogP contribution is -2.44. The molecule has 0 bridgehead atoms. The highest BCUT2D eigenvalue weighted by molar-refractivity contribution is 7.59. The monoisotopic (exact) mass is 984 g/mol. The van der Waals surface area contributed by atoms with Gasteiger partial charge in [-0.25, -0.2) is 4.79 Å². The highest BCUT2D eigenvalue weighted by Crippen LogP contribution is 2.35. The van der Waals surface area contributed by atoms with Gasteiger partial charge in [-0.3, -0.25) is 19.3 Å². The van der Waals surface area contributed by atoms with E-state index in [0.29, 0.717) is 90.9 Å². The number of phenolic OH excluding ortho intramolecular Hbond substituents is 1. The van der Waals surface area contributed by atoms with Crippen LogP contribution in [-0.4, -0.2) is 101 Å². The number of aliphatic hydroxyl groups excluding tert-OH is 1. The van der Waals surface area contributed by atoms with Gasteiger partial charge in [0.2, 0.25) is 17.1 Å². The van der Waals surface area contributed by atoms with Crippen molar-refractivity contribution in [1.82, 2.24) is 20.1 Å². The zero-order valence-electron chi connectivity index (χ0n) is 40.1. The number of likely N-dealkylation sites (tertiary alicyclic amines) is 2. The van der Waals surface area contributed by atoms with E-state index in [2.05, 4.69) is 39.5 Å². The van der Waals surface area contributed by atoms with Gasteiger partial charge in [0.15, 0.2) is 0 Å². The number of hydrogen-bond donors (Lipinski definition) is 5. The Morgan fingerprint density at radius 1 is 0.803 bits per heavy atom. The number of ether oxygens (including phenoxy) is 3. The summed E-state index contributed by atoms with van der Waals surface area (Å²) in [6.45, 7) is 4.19. The Hall–Kier alpha value is -6.65. The molecule has 2 fully saturated rings. The number of aromatic nitrogens is 1. The van der Waals surface area contributed by atoms with Crippen LogP contribution < -0.4 is 20.3 Å². The maximum Gasteiger partial charge on any atom is 0.347 e. The second-order valence-electron chi connectivity index (χ2n) is 18.4. The summed E-state index contributed by atoms with van der Waals surface area (Å²) in [5.74, 6) is 0.00379. The van der Waals surface area contributed by atoms with Gasteiger partial charge in [-0.05, 0) is 129 Å². The third-order valence-electron chi connectivity index (χ3n) is 13.7. The second kappa shape index (κ2) is 24.5. The van der Waals surface area contributed by atoms with Crippen LogP contribution in [0.15, 0.2) is 132 Å². The molecule has 0 saturated carbocycles. The molecule has 2 atom stereocenters. The molecule has 0 aliphatic carbocycles. The van der Waals surface area contributed by atoms with E-state index in [0.717, 1.165) is 38.0 Å². The number of pyridine rings is 1. The Morgan fingerprint density at radius 3 is 2.23 bits per heavy atom. The fourth-order valence-electron chi connectivity index (χ4n) is 9.56. The molecular weight excluding hydrogens is 921 g/mol. The quantitative estimate of drug-likeness (QED) is 0.0519. The molecule has 2 aliphatic heterocycles. The number of nitrogens with one attached hydrogen (secondary N) is 2. The lowest BCUT2D eigenvalue weighted by Gasteiger charge is -2.33. The number of benzene rings is 5. The van der Waals surface area contributed by atoms with Gasteiger partial charge in [0, 0.05) is 42.2 Å². The highest BCUT2D eigenvalue weighted by atomic mass is 32.1. The standard InChI is InChI=1S/C56H62N4O10.H2S/c1-68-50-32-42(19-18-41(50)12-8-17-48(61)46-20-22-49(62)53-47(46)21-23-51(63)58-53)54(65)57-34-52(64)60-30-26-40(27-31-60)36-69-45-16-9-15-44(33-45)56(67,43-13-6-3-7-14-43)55(66)70-37-39-24-28-59(29-25-39)35-38-10-4-2-5-11-38;/h2-7,9-11,13-16,18-23,32-33,39-40,48,61-62,67H,8,12,17,24-31,34-37H2,1H3,(H,57,65)(H,58,63);1H2/t48-,56-;/m0./s1. The summed E-state index contributed by atoms with van der Waals surface area (Å²) >= 11 is 0. The zero-order chi connectivity index (χ0) is 49.0. The molecule has 6 aromatic rings. The number of methoxy groups -OCH3 is 1. The van der Waals surface area contributed by atoms with Crippen LogP contribution in [0.1, 0.15) is 82.8 Å². The van der Waals surface area contributed by atoms with Crippen LogP contribution >= 0.6 is 13.5 Å². The van der Waals surface area contributed by atoms with Crippen molar-refractivity contribution < 1.29 is 43.9 Å². The van der Waals surface area contributed by atoms with Crippen molar-refractivity contribution in [3.63, 3.8) is 0 Å². The third kappa shape index (κ3) is 13.0.